The predicted molar refractivity (Wildman–Crippen MR) is 467 cm³/mol. The Balaban J connectivity index is 1.25. The molecular formula is C90H160N4O39. The molecule has 0 bridgehead atoms. The molecule has 0 spiro atoms. The first-order valence-electron chi connectivity index (χ1n) is 48.2. The lowest BCUT2D eigenvalue weighted by Crippen LogP contribution is -2.72. The van der Waals surface area contributed by atoms with Crippen molar-refractivity contribution in [2.75, 3.05) is 46.2 Å². The molecule has 6 fully saturated rings. The van der Waals surface area contributed by atoms with Gasteiger partial charge in [-0.05, 0) is 19.3 Å². The van der Waals surface area contributed by atoms with Crippen LogP contribution in [0.3, 0.4) is 0 Å². The van der Waals surface area contributed by atoms with Gasteiger partial charge in [-0.15, -0.1) is 0 Å². The van der Waals surface area contributed by atoms with Crippen LogP contribution in [0, 0.1) is 0 Å². The van der Waals surface area contributed by atoms with E-state index in [-0.39, 0.29) is 6.42 Å². The Labute approximate surface area is 778 Å². The molecule has 43 nitrogen and oxygen atoms in total. The minimum absolute atomic E-state index is 0.0960. The largest absolute Gasteiger partial charge is 0.477 e. The maximum absolute atomic E-state index is 14.1. The van der Waals surface area contributed by atoms with Crippen molar-refractivity contribution in [3.8, 4) is 0 Å². The van der Waals surface area contributed by atoms with E-state index < -0.39 is 302 Å². The van der Waals surface area contributed by atoms with Crippen LogP contribution in [-0.2, 0) is 85.6 Å². The van der Waals surface area contributed by atoms with Gasteiger partial charge in [0.05, 0.1) is 82.7 Å². The maximum atomic E-state index is 14.1. The lowest BCUT2D eigenvalue weighted by molar-refractivity contribution is -0.405. The minimum Gasteiger partial charge on any atom is -0.477 e. The summed E-state index contributed by atoms with van der Waals surface area (Å²) in [5.41, 5.74) is 0. The van der Waals surface area contributed by atoms with E-state index in [1.165, 1.54) is 141 Å². The zero-order chi connectivity index (χ0) is 98.1. The zero-order valence-electron chi connectivity index (χ0n) is 77.8. The molecule has 43 heteroatoms. The maximum Gasteiger partial charge on any atom is 0.364 e. The van der Waals surface area contributed by atoms with Crippen molar-refractivity contribution in [2.24, 2.45) is 0 Å². The van der Waals surface area contributed by atoms with E-state index >= 15 is 0 Å². The highest BCUT2D eigenvalue weighted by molar-refractivity contribution is 5.78. The third kappa shape index (κ3) is 35.8. The van der Waals surface area contributed by atoms with Gasteiger partial charge in [0, 0.05) is 40.0 Å². The summed E-state index contributed by atoms with van der Waals surface area (Å²) in [4.78, 5) is 79.7. The number of allylic oxidation sites excluding steroid dienone is 1. The number of carboxylic acid groups (broad SMARTS) is 2. The number of aliphatic carboxylic acids is 2. The highest BCUT2D eigenvalue weighted by Gasteiger charge is 2.64. The second-order valence-corrected chi connectivity index (χ2v) is 36.4. The van der Waals surface area contributed by atoms with Crippen LogP contribution < -0.4 is 21.3 Å². The number of ether oxygens (including phenoxy) is 12. The van der Waals surface area contributed by atoms with Crippen LogP contribution in [0.2, 0.25) is 0 Å². The molecule has 6 aliphatic rings. The summed E-state index contributed by atoms with van der Waals surface area (Å²) >= 11 is 0. The number of unbranched alkanes of at least 4 members (excludes halogenated alkanes) is 31. The van der Waals surface area contributed by atoms with Crippen LogP contribution in [0.25, 0.3) is 0 Å². The molecule has 34 unspecified atom stereocenters. The highest BCUT2D eigenvalue weighted by atomic mass is 16.8. The Morgan fingerprint density at radius 1 is 0.391 bits per heavy atom. The number of carboxylic acids is 2. The van der Waals surface area contributed by atoms with Gasteiger partial charge in [0.15, 0.2) is 25.2 Å². The average Bonchev–Trinajstić information content (AvgIpc) is 0.749. The molecule has 0 aromatic carbocycles. The molecule has 25 N–H and O–H groups in total. The van der Waals surface area contributed by atoms with E-state index in [0.717, 1.165) is 85.0 Å². The normalized spacial score (nSPS) is 34.1. The number of nitrogens with one attached hydrogen (secondary N) is 4. The predicted octanol–water partition coefficient (Wildman–Crippen LogP) is -1.53. The molecule has 6 rings (SSSR count). The van der Waals surface area contributed by atoms with Crippen LogP contribution in [0.15, 0.2) is 12.2 Å². The molecule has 133 heavy (non-hydrogen) atoms. The quantitative estimate of drug-likeness (QED) is 0.0243. The first-order valence-corrected chi connectivity index (χ1v) is 48.2. The van der Waals surface area contributed by atoms with E-state index in [4.69, 9.17) is 56.8 Å². The van der Waals surface area contributed by atoms with E-state index in [0.29, 0.717) is 12.8 Å². The van der Waals surface area contributed by atoms with E-state index in [9.17, 15) is 136 Å². The van der Waals surface area contributed by atoms with Gasteiger partial charge in [-0.1, -0.05) is 219 Å². The smallest absolute Gasteiger partial charge is 0.364 e. The van der Waals surface area contributed by atoms with Gasteiger partial charge in [-0.3, -0.25) is 19.2 Å². The third-order valence-corrected chi connectivity index (χ3v) is 25.6. The van der Waals surface area contributed by atoms with Gasteiger partial charge in [0.2, 0.25) is 23.6 Å². The first-order chi connectivity index (χ1) is 63.6. The van der Waals surface area contributed by atoms with Crippen molar-refractivity contribution in [3.63, 3.8) is 0 Å². The summed E-state index contributed by atoms with van der Waals surface area (Å²) < 4.78 is 72.5. The Kier molecular flexibility index (Phi) is 53.8. The number of carbonyl (C=O) groups is 6. The van der Waals surface area contributed by atoms with Crippen molar-refractivity contribution in [2.45, 2.75) is 473 Å². The molecule has 6 saturated heterocycles. The number of rotatable bonds is 65. The number of hydrogen-bond acceptors (Lipinski definition) is 37. The topological polar surface area (TPSA) is 686 Å². The number of hydrogen-bond donors (Lipinski definition) is 25. The minimum atomic E-state index is -3.50. The summed E-state index contributed by atoms with van der Waals surface area (Å²) in [6.07, 6.45) is -24.0. The molecule has 6 heterocycles. The van der Waals surface area contributed by atoms with Crippen LogP contribution in [0.4, 0.5) is 0 Å². The number of aliphatic hydroxyl groups is 19. The van der Waals surface area contributed by atoms with Crippen LogP contribution in [0.1, 0.15) is 266 Å². The fourth-order valence-electron chi connectivity index (χ4n) is 18.0. The molecule has 4 amide bonds. The molecule has 0 radical (unpaired) electrons. The van der Waals surface area contributed by atoms with Gasteiger partial charge in [0.1, 0.15) is 134 Å². The van der Waals surface area contributed by atoms with Crippen LogP contribution in [0.5, 0.6) is 0 Å². The number of carbonyl (C=O) groups excluding carboxylic acids is 4. The molecule has 34 atom stereocenters. The Morgan fingerprint density at radius 2 is 0.737 bits per heavy atom. The zero-order valence-corrected chi connectivity index (χ0v) is 77.8. The molecule has 774 valence electrons. The molecule has 0 aromatic heterocycles. The summed E-state index contributed by atoms with van der Waals surface area (Å²) in [7, 11) is 0. The molecule has 0 aromatic rings. The van der Waals surface area contributed by atoms with E-state index in [2.05, 4.69) is 35.1 Å². The molecule has 0 aliphatic carbocycles. The number of aliphatic hydroxyl groups excluding tert-OH is 19. The van der Waals surface area contributed by atoms with Crippen molar-refractivity contribution in [1.29, 1.82) is 0 Å². The molecule has 0 saturated carbocycles. The second-order valence-electron chi connectivity index (χ2n) is 36.4. The van der Waals surface area contributed by atoms with Gasteiger partial charge in [0.25, 0.3) is 11.6 Å². The Hall–Kier alpha value is -4.68. The van der Waals surface area contributed by atoms with Gasteiger partial charge in [-0.25, -0.2) is 9.59 Å². The molecular weight excluding hydrogens is 1760 g/mol. The summed E-state index contributed by atoms with van der Waals surface area (Å²) in [5, 5.41) is 248. The fraction of sp³-hybridized carbons (Fsp3) is 0.911. The average molecular weight is 1920 g/mol. The second kappa shape index (κ2) is 61.1. The lowest BCUT2D eigenvalue weighted by atomic mass is 9.88. The SMILES string of the molecule is CCCCCCCCCCCCCC=CC(O)C(COC1OC(CO)C(OC2OC(CO)C(OC3OC(CO)C(O)C(OC4OC(CO)C(O)C(OC5(C(=O)O)CC(O)C(NC(C)=O)C(C(O)C(O)CO)O5)C4O)C3NC(C)=O)C(OC3(C(=O)O)CC(O)C(NC(C)=O)C(C(O)C(O)CO)O3)C2O)C(O)C1O)NC(=O)CCCCCCCCCCCCCCCCCCCCCCC. The van der Waals surface area contributed by atoms with E-state index in [1.54, 1.807) is 6.08 Å². The fourth-order valence-corrected chi connectivity index (χ4v) is 18.0. The van der Waals surface area contributed by atoms with Crippen molar-refractivity contribution in [3.05, 3.63) is 12.2 Å². The summed E-state index contributed by atoms with van der Waals surface area (Å²) in [6.45, 7) is -0.796. The van der Waals surface area contributed by atoms with Gasteiger partial charge < -0.3 is 185 Å². The summed E-state index contributed by atoms with van der Waals surface area (Å²) in [6, 6.07) is -6.95. The monoisotopic (exact) mass is 1920 g/mol. The van der Waals surface area contributed by atoms with Crippen molar-refractivity contribution in [1.82, 2.24) is 21.3 Å². The van der Waals surface area contributed by atoms with E-state index in [1.807, 2.05) is 0 Å². The highest BCUT2D eigenvalue weighted by Crippen LogP contribution is 2.43. The molecule has 6 aliphatic heterocycles. The lowest BCUT2D eigenvalue weighted by Gasteiger charge is -2.53. The van der Waals surface area contributed by atoms with Crippen molar-refractivity contribution >= 4 is 35.6 Å². The summed E-state index contributed by atoms with van der Waals surface area (Å²) in [5.74, 6) is -14.5. The van der Waals surface area contributed by atoms with Crippen molar-refractivity contribution < 1.29 is 193 Å². The van der Waals surface area contributed by atoms with Gasteiger partial charge in [-0.2, -0.15) is 0 Å². The van der Waals surface area contributed by atoms with Gasteiger partial charge >= 0.3 is 11.9 Å². The third-order valence-electron chi connectivity index (χ3n) is 25.6. The number of amides is 4. The Morgan fingerprint density at radius 3 is 1.14 bits per heavy atom. The Bertz CT molecular complexity index is 3310. The first kappa shape index (κ1) is 117. The van der Waals surface area contributed by atoms with Crippen LogP contribution in [-0.4, -0.2) is 396 Å². The standard InChI is InChI=1S/C90H160N4O39/c1-6-8-10-12-14-16-18-20-21-22-23-24-25-26-27-29-31-33-35-37-39-41-64(109)94-54(55(104)40-38-36-34-32-30-28-19-17-15-13-11-9-7-2)50-122-84-73(115)72(114)76(62(48-99)125-84)127-86-75(117)82(133-90(88(120)121)43-57(106)66(92-52(4)102)80(131-90)69(111)59(108)45-96)77(63(49-100)126-86)128-83-67(93-53(5)103)78(70(112)60(46-97)123-83)129-85-74(116)81(71(113)61(47-98)124-85)132-89(87(118)119)42-56(105)65(91-51(3)101)79(130-89)68(110)58(107)44-95/h38,40,54-63,65-86,95-100,104-108,110-117H,6-37,39,41-50H2,1-5H3,(H,91,101)(H,92,102)(H,93,103)(H,94,109)(H,118,119)(H,120,121). The van der Waals surface area contributed by atoms with Crippen LogP contribution >= 0.6 is 0 Å².